The number of fused-ring (bicyclic) bond motifs is 1. The number of carbonyl (C=O) groups excluding carboxylic acids is 1. The average Bonchev–Trinajstić information content (AvgIpc) is 2.47. The van der Waals surface area contributed by atoms with Gasteiger partial charge < -0.3 is 10.1 Å². The van der Waals surface area contributed by atoms with Crippen LogP contribution in [0.25, 0.3) is 10.8 Å². The van der Waals surface area contributed by atoms with Crippen molar-refractivity contribution in [3.8, 4) is 0 Å². The van der Waals surface area contributed by atoms with Crippen LogP contribution in [-0.2, 0) is 23.1 Å². The Hall–Kier alpha value is -2.21. The average molecular weight is 275 g/mol. The van der Waals surface area contributed by atoms with Crippen LogP contribution in [0.1, 0.15) is 12.6 Å². The number of benzene rings is 1. The zero-order chi connectivity index (χ0) is 14.5. The van der Waals surface area contributed by atoms with Crippen LogP contribution in [0, 0.1) is 0 Å². The molecule has 2 aromatic rings. The van der Waals surface area contributed by atoms with Crippen LogP contribution in [0.15, 0.2) is 29.1 Å². The Balaban J connectivity index is 2.24. The van der Waals surface area contributed by atoms with Crippen LogP contribution in [0.4, 0.5) is 0 Å². The van der Waals surface area contributed by atoms with Crippen LogP contribution in [-0.4, -0.2) is 28.9 Å². The molecule has 0 fully saturated rings. The summed E-state index contributed by atoms with van der Waals surface area (Å²) in [5, 5.41) is 8.29. The normalized spacial score (nSPS) is 10.7. The second-order valence-corrected chi connectivity index (χ2v) is 4.33. The predicted octanol–water partition coefficient (Wildman–Crippen LogP) is 0.586. The minimum atomic E-state index is -0.202. The van der Waals surface area contributed by atoms with Gasteiger partial charge in [-0.2, -0.15) is 5.10 Å². The Kier molecular flexibility index (Phi) is 4.47. The van der Waals surface area contributed by atoms with E-state index in [-0.39, 0.29) is 24.6 Å². The Labute approximate surface area is 116 Å². The molecule has 1 aromatic heterocycles. The molecule has 1 heterocycles. The van der Waals surface area contributed by atoms with Gasteiger partial charge in [0.2, 0.25) is 5.91 Å². The zero-order valence-electron chi connectivity index (χ0n) is 11.5. The summed E-state index contributed by atoms with van der Waals surface area (Å²) in [6.45, 7) is 2.62. The van der Waals surface area contributed by atoms with E-state index in [1.807, 2.05) is 19.1 Å². The summed E-state index contributed by atoms with van der Waals surface area (Å²) < 4.78 is 6.31. The molecular weight excluding hydrogens is 258 g/mol. The van der Waals surface area contributed by atoms with Gasteiger partial charge in [0.15, 0.2) is 0 Å². The lowest BCUT2D eigenvalue weighted by Crippen LogP contribution is -2.29. The first-order chi connectivity index (χ1) is 9.63. The summed E-state index contributed by atoms with van der Waals surface area (Å²) in [5.74, 6) is -0.202. The third kappa shape index (κ3) is 3.03. The van der Waals surface area contributed by atoms with Crippen molar-refractivity contribution in [1.29, 1.82) is 0 Å². The summed E-state index contributed by atoms with van der Waals surface area (Å²) in [5.41, 5.74) is 0.512. The number of ether oxygens (including phenoxy) is 1. The van der Waals surface area contributed by atoms with Crippen LogP contribution in [0.5, 0.6) is 0 Å². The molecule has 0 unspecified atom stereocenters. The molecule has 1 aromatic carbocycles. The monoisotopic (exact) mass is 275 g/mol. The number of hydrogen-bond acceptors (Lipinski definition) is 4. The largest absolute Gasteiger partial charge is 0.372 e. The third-order valence-electron chi connectivity index (χ3n) is 2.92. The van der Waals surface area contributed by atoms with Crippen molar-refractivity contribution in [3.63, 3.8) is 0 Å². The molecule has 1 N–H and O–H groups in total. The molecule has 0 aliphatic rings. The summed E-state index contributed by atoms with van der Waals surface area (Å²) in [7, 11) is 1.60. The zero-order valence-corrected chi connectivity index (χ0v) is 11.5. The Morgan fingerprint density at radius 2 is 2.05 bits per heavy atom. The molecule has 0 saturated heterocycles. The second kappa shape index (κ2) is 6.29. The summed E-state index contributed by atoms with van der Waals surface area (Å²) in [6.07, 6.45) is 0. The number of rotatable bonds is 5. The lowest BCUT2D eigenvalue weighted by Gasteiger charge is -2.09. The van der Waals surface area contributed by atoms with Gasteiger partial charge >= 0.3 is 0 Å². The topological polar surface area (TPSA) is 73.2 Å². The number of nitrogens with zero attached hydrogens (tertiary/aromatic N) is 2. The van der Waals surface area contributed by atoms with Crippen molar-refractivity contribution in [3.05, 3.63) is 40.3 Å². The number of nitrogens with one attached hydrogen (secondary N) is 1. The molecule has 0 atom stereocenters. The molecule has 0 spiro atoms. The Bertz CT molecular complexity index is 679. The molecule has 6 nitrogen and oxygen atoms in total. The molecule has 2 rings (SSSR count). The van der Waals surface area contributed by atoms with Crippen LogP contribution in [0.3, 0.4) is 0 Å². The van der Waals surface area contributed by atoms with Gasteiger partial charge in [0, 0.05) is 19.0 Å². The van der Waals surface area contributed by atoms with Crippen LogP contribution >= 0.6 is 0 Å². The van der Waals surface area contributed by atoms with Gasteiger partial charge in [0.25, 0.3) is 5.56 Å². The van der Waals surface area contributed by atoms with E-state index in [0.29, 0.717) is 17.7 Å². The highest BCUT2D eigenvalue weighted by molar-refractivity contribution is 5.84. The number of amides is 1. The molecule has 0 bridgehead atoms. The van der Waals surface area contributed by atoms with E-state index in [2.05, 4.69) is 10.4 Å². The molecule has 0 radical (unpaired) electrons. The fraction of sp³-hybridized carbons (Fsp3) is 0.357. The number of hydrogen-bond donors (Lipinski definition) is 1. The van der Waals surface area contributed by atoms with Gasteiger partial charge in [-0.15, -0.1) is 0 Å². The SMILES string of the molecule is CCOCC(=O)NCc1nn(C)c(=O)c2ccccc12. The summed E-state index contributed by atoms with van der Waals surface area (Å²) in [4.78, 5) is 23.5. The van der Waals surface area contributed by atoms with Gasteiger partial charge in [-0.3, -0.25) is 9.59 Å². The minimum absolute atomic E-state index is 0.0280. The van der Waals surface area contributed by atoms with E-state index in [9.17, 15) is 9.59 Å². The van der Waals surface area contributed by atoms with Crippen molar-refractivity contribution >= 4 is 16.7 Å². The molecular formula is C14H17N3O3. The lowest BCUT2D eigenvalue weighted by atomic mass is 10.1. The van der Waals surface area contributed by atoms with Crippen molar-refractivity contribution in [1.82, 2.24) is 15.1 Å². The van der Waals surface area contributed by atoms with Crippen molar-refractivity contribution in [2.24, 2.45) is 7.05 Å². The predicted molar refractivity (Wildman–Crippen MR) is 75.3 cm³/mol. The van der Waals surface area contributed by atoms with Gasteiger partial charge in [-0.05, 0) is 13.0 Å². The van der Waals surface area contributed by atoms with Crippen molar-refractivity contribution < 1.29 is 9.53 Å². The van der Waals surface area contributed by atoms with Crippen LogP contribution in [0.2, 0.25) is 0 Å². The molecule has 0 aliphatic heterocycles. The van der Waals surface area contributed by atoms with E-state index in [0.717, 1.165) is 5.39 Å². The maximum Gasteiger partial charge on any atom is 0.274 e. The maximum atomic E-state index is 12.0. The van der Waals surface area contributed by atoms with Crippen LogP contribution < -0.4 is 10.9 Å². The van der Waals surface area contributed by atoms with Gasteiger partial charge in [0.05, 0.1) is 17.6 Å². The fourth-order valence-electron chi connectivity index (χ4n) is 1.93. The molecule has 20 heavy (non-hydrogen) atoms. The van der Waals surface area contributed by atoms with E-state index >= 15 is 0 Å². The number of carbonyl (C=O) groups is 1. The Morgan fingerprint density at radius 1 is 1.35 bits per heavy atom. The van der Waals surface area contributed by atoms with Gasteiger partial charge in [-0.1, -0.05) is 18.2 Å². The Morgan fingerprint density at radius 3 is 2.75 bits per heavy atom. The molecule has 106 valence electrons. The number of aromatic nitrogens is 2. The third-order valence-corrected chi connectivity index (χ3v) is 2.92. The molecule has 0 saturated carbocycles. The van der Waals surface area contributed by atoms with E-state index < -0.39 is 0 Å². The maximum absolute atomic E-state index is 12.0. The highest BCUT2D eigenvalue weighted by atomic mass is 16.5. The highest BCUT2D eigenvalue weighted by Gasteiger charge is 2.09. The lowest BCUT2D eigenvalue weighted by molar-refractivity contribution is -0.125. The van der Waals surface area contributed by atoms with Crippen molar-refractivity contribution in [2.75, 3.05) is 13.2 Å². The smallest absolute Gasteiger partial charge is 0.274 e. The highest BCUT2D eigenvalue weighted by Crippen LogP contribution is 2.12. The fourth-order valence-corrected chi connectivity index (χ4v) is 1.93. The summed E-state index contributed by atoms with van der Waals surface area (Å²) >= 11 is 0. The van der Waals surface area contributed by atoms with Crippen molar-refractivity contribution in [2.45, 2.75) is 13.5 Å². The van der Waals surface area contributed by atoms with E-state index in [1.54, 1.807) is 19.2 Å². The first kappa shape index (κ1) is 14.2. The molecule has 1 amide bonds. The van der Waals surface area contributed by atoms with Gasteiger partial charge in [0.1, 0.15) is 6.61 Å². The standard InChI is InChI=1S/C14H17N3O3/c1-3-20-9-13(18)15-8-12-10-6-4-5-7-11(10)14(19)17(2)16-12/h4-7H,3,8-9H2,1-2H3,(H,15,18). The molecule has 6 heteroatoms. The molecule has 0 aliphatic carbocycles. The van der Waals surface area contributed by atoms with Gasteiger partial charge in [-0.25, -0.2) is 4.68 Å². The first-order valence-electron chi connectivity index (χ1n) is 6.43. The van der Waals surface area contributed by atoms with E-state index in [1.165, 1.54) is 4.68 Å². The first-order valence-corrected chi connectivity index (χ1v) is 6.43. The quantitative estimate of drug-likeness (QED) is 0.866. The minimum Gasteiger partial charge on any atom is -0.372 e. The van der Waals surface area contributed by atoms with E-state index in [4.69, 9.17) is 4.74 Å². The number of aryl methyl sites for hydroxylation is 1. The summed E-state index contributed by atoms with van der Waals surface area (Å²) in [6, 6.07) is 7.23. The second-order valence-electron chi connectivity index (χ2n) is 4.33.